The van der Waals surface area contributed by atoms with Crippen LogP contribution < -0.4 is 4.90 Å². The van der Waals surface area contributed by atoms with Crippen molar-refractivity contribution in [1.29, 1.82) is 0 Å². The Morgan fingerprint density at radius 2 is 1.80 bits per heavy atom. The predicted octanol–water partition coefficient (Wildman–Crippen LogP) is 3.26. The Hall–Kier alpha value is -1.18. The second-order valence-corrected chi connectivity index (χ2v) is 4.28. The average Bonchev–Trinajstić information content (AvgIpc) is 2.21. The van der Waals surface area contributed by atoms with Crippen LogP contribution in [0.1, 0.15) is 27.2 Å². The van der Waals surface area contributed by atoms with Gasteiger partial charge in [-0.15, -0.1) is 0 Å². The maximum Gasteiger partial charge on any atom is 0.115 e. The predicted molar refractivity (Wildman–Crippen MR) is 65.4 cm³/mol. The molecule has 0 radical (unpaired) electrons. The molecule has 15 heavy (non-hydrogen) atoms. The first-order valence-electron chi connectivity index (χ1n) is 5.67. The molecule has 0 fully saturated rings. The summed E-state index contributed by atoms with van der Waals surface area (Å²) in [5.74, 6) is 1.06. The lowest BCUT2D eigenvalue weighted by atomic mass is 10.1. The largest absolute Gasteiger partial charge is 0.508 e. The van der Waals surface area contributed by atoms with E-state index in [1.165, 1.54) is 12.1 Å². The molecule has 0 bridgehead atoms. The van der Waals surface area contributed by atoms with E-state index in [0.29, 0.717) is 5.75 Å². The molecule has 2 heteroatoms. The molecule has 1 rings (SSSR count). The molecule has 0 aliphatic rings. The standard InChI is InChI=1S/C13H21NO/c1-4-14(10-9-11(2)3)12-5-7-13(15)8-6-12/h5-8,11,15H,4,9-10H2,1-3H3. The maximum absolute atomic E-state index is 9.21. The molecule has 0 saturated heterocycles. The molecular formula is C13H21NO. The molecule has 84 valence electrons. The molecule has 1 aromatic carbocycles. The van der Waals surface area contributed by atoms with Crippen molar-refractivity contribution < 1.29 is 5.11 Å². The number of rotatable bonds is 5. The fourth-order valence-electron chi connectivity index (χ4n) is 1.55. The van der Waals surface area contributed by atoms with Crippen molar-refractivity contribution in [2.24, 2.45) is 5.92 Å². The van der Waals surface area contributed by atoms with Crippen molar-refractivity contribution in [3.8, 4) is 5.75 Å². The van der Waals surface area contributed by atoms with Crippen LogP contribution in [0.3, 0.4) is 0 Å². The van der Waals surface area contributed by atoms with Crippen LogP contribution in [0.4, 0.5) is 5.69 Å². The van der Waals surface area contributed by atoms with Gasteiger partial charge in [-0.05, 0) is 43.5 Å². The molecule has 0 heterocycles. The second-order valence-electron chi connectivity index (χ2n) is 4.28. The summed E-state index contributed by atoms with van der Waals surface area (Å²) in [5, 5.41) is 9.21. The number of aromatic hydroxyl groups is 1. The van der Waals surface area contributed by atoms with Gasteiger partial charge in [0.05, 0.1) is 0 Å². The van der Waals surface area contributed by atoms with Gasteiger partial charge in [-0.25, -0.2) is 0 Å². The minimum absolute atomic E-state index is 0.332. The van der Waals surface area contributed by atoms with Crippen LogP contribution >= 0.6 is 0 Å². The summed E-state index contributed by atoms with van der Waals surface area (Å²) in [6, 6.07) is 7.43. The minimum Gasteiger partial charge on any atom is -0.508 e. The van der Waals surface area contributed by atoms with Crippen LogP contribution in [0.2, 0.25) is 0 Å². The highest BCUT2D eigenvalue weighted by molar-refractivity contribution is 5.48. The van der Waals surface area contributed by atoms with E-state index in [1.807, 2.05) is 12.1 Å². The molecule has 0 atom stereocenters. The molecule has 2 nitrogen and oxygen atoms in total. The molecule has 1 N–H and O–H groups in total. The van der Waals surface area contributed by atoms with Crippen molar-refractivity contribution in [2.75, 3.05) is 18.0 Å². The molecule has 0 aromatic heterocycles. The van der Waals surface area contributed by atoms with Crippen LogP contribution in [0.25, 0.3) is 0 Å². The third-order valence-electron chi connectivity index (χ3n) is 2.57. The van der Waals surface area contributed by atoms with Gasteiger partial charge in [0.2, 0.25) is 0 Å². The summed E-state index contributed by atoms with van der Waals surface area (Å²) < 4.78 is 0. The highest BCUT2D eigenvalue weighted by Gasteiger charge is 2.04. The summed E-state index contributed by atoms with van der Waals surface area (Å²) in [4.78, 5) is 2.33. The van der Waals surface area contributed by atoms with E-state index in [1.54, 1.807) is 12.1 Å². The number of hydrogen-bond acceptors (Lipinski definition) is 2. The number of anilines is 1. The van der Waals surface area contributed by atoms with E-state index in [2.05, 4.69) is 25.7 Å². The molecule has 0 aliphatic heterocycles. The third-order valence-corrected chi connectivity index (χ3v) is 2.57. The lowest BCUT2D eigenvalue weighted by Crippen LogP contribution is -2.24. The summed E-state index contributed by atoms with van der Waals surface area (Å²) >= 11 is 0. The van der Waals surface area contributed by atoms with Gasteiger partial charge in [0.15, 0.2) is 0 Å². The lowest BCUT2D eigenvalue weighted by Gasteiger charge is -2.24. The Balaban J connectivity index is 2.61. The first-order chi connectivity index (χ1) is 7.13. The monoisotopic (exact) mass is 207 g/mol. The van der Waals surface area contributed by atoms with E-state index < -0.39 is 0 Å². The van der Waals surface area contributed by atoms with Crippen LogP contribution in [0, 0.1) is 5.92 Å². The summed E-state index contributed by atoms with van der Waals surface area (Å²) in [7, 11) is 0. The molecule has 0 spiro atoms. The summed E-state index contributed by atoms with van der Waals surface area (Å²) in [5.41, 5.74) is 1.19. The Morgan fingerprint density at radius 1 is 1.20 bits per heavy atom. The number of nitrogens with zero attached hydrogens (tertiary/aromatic N) is 1. The number of phenols is 1. The van der Waals surface area contributed by atoms with Gasteiger partial charge >= 0.3 is 0 Å². The number of phenolic OH excluding ortho intramolecular Hbond substituents is 1. The van der Waals surface area contributed by atoms with Crippen LogP contribution in [0.5, 0.6) is 5.75 Å². The zero-order chi connectivity index (χ0) is 11.3. The third kappa shape index (κ3) is 3.82. The summed E-state index contributed by atoms with van der Waals surface area (Å²) in [6.07, 6.45) is 1.20. The quantitative estimate of drug-likeness (QED) is 0.801. The molecule has 0 aliphatic carbocycles. The van der Waals surface area contributed by atoms with E-state index in [4.69, 9.17) is 0 Å². The van der Waals surface area contributed by atoms with Crippen molar-refractivity contribution in [1.82, 2.24) is 0 Å². The second kappa shape index (κ2) is 5.64. The summed E-state index contributed by atoms with van der Waals surface area (Å²) in [6.45, 7) is 8.74. The molecule has 1 aromatic rings. The van der Waals surface area contributed by atoms with Gasteiger partial charge in [-0.3, -0.25) is 0 Å². The van der Waals surface area contributed by atoms with Gasteiger partial charge < -0.3 is 10.0 Å². The smallest absolute Gasteiger partial charge is 0.115 e. The fraction of sp³-hybridized carbons (Fsp3) is 0.538. The molecular weight excluding hydrogens is 186 g/mol. The molecule has 0 unspecified atom stereocenters. The first-order valence-corrected chi connectivity index (χ1v) is 5.67. The van der Waals surface area contributed by atoms with Crippen molar-refractivity contribution in [3.05, 3.63) is 24.3 Å². The highest BCUT2D eigenvalue weighted by atomic mass is 16.3. The number of hydrogen-bond donors (Lipinski definition) is 1. The molecule has 0 amide bonds. The van der Waals surface area contributed by atoms with Crippen LogP contribution in [-0.4, -0.2) is 18.2 Å². The van der Waals surface area contributed by atoms with Crippen molar-refractivity contribution in [3.63, 3.8) is 0 Å². The van der Waals surface area contributed by atoms with Gasteiger partial charge in [0.1, 0.15) is 5.75 Å². The van der Waals surface area contributed by atoms with E-state index in [9.17, 15) is 5.11 Å². The van der Waals surface area contributed by atoms with Gasteiger partial charge in [0, 0.05) is 18.8 Å². The fourth-order valence-corrected chi connectivity index (χ4v) is 1.55. The Morgan fingerprint density at radius 3 is 2.27 bits per heavy atom. The Kier molecular flexibility index (Phi) is 4.47. The van der Waals surface area contributed by atoms with Gasteiger partial charge in [0.25, 0.3) is 0 Å². The van der Waals surface area contributed by atoms with E-state index in [0.717, 1.165) is 19.0 Å². The van der Waals surface area contributed by atoms with E-state index in [-0.39, 0.29) is 0 Å². The Bertz CT molecular complexity index is 279. The lowest BCUT2D eigenvalue weighted by molar-refractivity contribution is 0.475. The zero-order valence-corrected chi connectivity index (χ0v) is 9.90. The van der Waals surface area contributed by atoms with Crippen molar-refractivity contribution >= 4 is 5.69 Å². The minimum atomic E-state index is 0.332. The Labute approximate surface area is 92.5 Å². The normalized spacial score (nSPS) is 10.7. The van der Waals surface area contributed by atoms with Gasteiger partial charge in [-0.1, -0.05) is 13.8 Å². The van der Waals surface area contributed by atoms with E-state index >= 15 is 0 Å². The maximum atomic E-state index is 9.21. The topological polar surface area (TPSA) is 23.5 Å². The van der Waals surface area contributed by atoms with Crippen molar-refractivity contribution in [2.45, 2.75) is 27.2 Å². The molecule has 0 saturated carbocycles. The zero-order valence-electron chi connectivity index (χ0n) is 9.90. The van der Waals surface area contributed by atoms with Crippen LogP contribution in [0.15, 0.2) is 24.3 Å². The number of benzene rings is 1. The van der Waals surface area contributed by atoms with Crippen LogP contribution in [-0.2, 0) is 0 Å². The van der Waals surface area contributed by atoms with Gasteiger partial charge in [-0.2, -0.15) is 0 Å². The average molecular weight is 207 g/mol. The first kappa shape index (κ1) is 11.9. The highest BCUT2D eigenvalue weighted by Crippen LogP contribution is 2.19. The SMILES string of the molecule is CCN(CCC(C)C)c1ccc(O)cc1.